The van der Waals surface area contributed by atoms with Crippen LogP contribution in [0.5, 0.6) is 0 Å². The van der Waals surface area contributed by atoms with E-state index in [2.05, 4.69) is 19.9 Å². The largest absolute Gasteiger partial charge is 0.441 e. The molecule has 0 N–H and O–H groups in total. The summed E-state index contributed by atoms with van der Waals surface area (Å²) in [6.45, 7) is 4.17. The van der Waals surface area contributed by atoms with E-state index in [0.29, 0.717) is 6.54 Å². The van der Waals surface area contributed by atoms with E-state index in [4.69, 9.17) is 4.74 Å². The van der Waals surface area contributed by atoms with Gasteiger partial charge in [-0.15, -0.1) is 0 Å². The van der Waals surface area contributed by atoms with Gasteiger partial charge in [-0.05, 0) is 19.1 Å². The van der Waals surface area contributed by atoms with Gasteiger partial charge < -0.3 is 14.5 Å². The Morgan fingerprint density at radius 1 is 1.26 bits per heavy atom. The van der Waals surface area contributed by atoms with Crippen molar-refractivity contribution >= 4 is 22.9 Å². The van der Waals surface area contributed by atoms with Crippen LogP contribution >= 0.6 is 0 Å². The maximum Gasteiger partial charge on any atom is 0.410 e. The molecule has 23 heavy (non-hydrogen) atoms. The molecule has 1 amide bonds. The van der Waals surface area contributed by atoms with Crippen molar-refractivity contribution in [1.29, 1.82) is 0 Å². The summed E-state index contributed by atoms with van der Waals surface area (Å²) in [6, 6.07) is 3.91. The predicted octanol–water partition coefficient (Wildman–Crippen LogP) is 1.75. The highest BCUT2D eigenvalue weighted by Gasteiger charge is 2.45. The lowest BCUT2D eigenvalue weighted by atomic mass is 9.91. The van der Waals surface area contributed by atoms with Gasteiger partial charge in [0.05, 0.1) is 11.9 Å². The number of amides is 1. The van der Waals surface area contributed by atoms with Crippen molar-refractivity contribution in [3.63, 3.8) is 0 Å². The lowest BCUT2D eigenvalue weighted by Crippen LogP contribution is -2.47. The molecule has 1 spiro atoms. The van der Waals surface area contributed by atoms with Gasteiger partial charge in [0.15, 0.2) is 5.65 Å². The summed E-state index contributed by atoms with van der Waals surface area (Å²) in [5, 5.41) is 0.967. The number of hydrogen-bond acceptors (Lipinski definition) is 6. The van der Waals surface area contributed by atoms with Gasteiger partial charge in [-0.25, -0.2) is 19.7 Å². The SMILES string of the molecule is Cc1nc(N2CCC3(CC2)CN(C)C(=O)O3)c2cccnc2n1. The molecule has 2 fully saturated rings. The molecular formula is C16H19N5O2. The molecule has 2 saturated heterocycles. The van der Waals surface area contributed by atoms with Crippen LogP contribution in [-0.4, -0.2) is 58.2 Å². The number of pyridine rings is 1. The fourth-order valence-electron chi connectivity index (χ4n) is 3.47. The molecule has 2 aromatic heterocycles. The number of likely N-dealkylation sites (N-methyl/N-ethyl adjacent to an activating group) is 1. The van der Waals surface area contributed by atoms with Crippen molar-refractivity contribution in [2.24, 2.45) is 0 Å². The Bertz CT molecular complexity index is 770. The number of carbonyl (C=O) groups excluding carboxylic acids is 1. The van der Waals surface area contributed by atoms with E-state index in [0.717, 1.165) is 48.6 Å². The molecular weight excluding hydrogens is 294 g/mol. The average Bonchev–Trinajstić information content (AvgIpc) is 2.81. The minimum Gasteiger partial charge on any atom is -0.441 e. The maximum atomic E-state index is 11.7. The number of ether oxygens (including phenoxy) is 1. The van der Waals surface area contributed by atoms with Gasteiger partial charge in [0.2, 0.25) is 0 Å². The number of rotatable bonds is 1. The molecule has 0 aromatic carbocycles. The first-order chi connectivity index (χ1) is 11.1. The number of nitrogens with zero attached hydrogens (tertiary/aromatic N) is 5. The Hall–Kier alpha value is -2.44. The molecule has 2 aromatic rings. The molecule has 0 atom stereocenters. The number of hydrogen-bond donors (Lipinski definition) is 0. The molecule has 0 unspecified atom stereocenters. The first-order valence-corrected chi connectivity index (χ1v) is 7.85. The first-order valence-electron chi connectivity index (χ1n) is 7.85. The van der Waals surface area contributed by atoms with Crippen molar-refractivity contribution in [2.45, 2.75) is 25.4 Å². The zero-order valence-electron chi connectivity index (χ0n) is 13.3. The van der Waals surface area contributed by atoms with Crippen molar-refractivity contribution < 1.29 is 9.53 Å². The van der Waals surface area contributed by atoms with Gasteiger partial charge in [0, 0.05) is 39.2 Å². The van der Waals surface area contributed by atoms with Crippen LogP contribution in [0.2, 0.25) is 0 Å². The highest BCUT2D eigenvalue weighted by molar-refractivity contribution is 5.86. The summed E-state index contributed by atoms with van der Waals surface area (Å²) >= 11 is 0. The van der Waals surface area contributed by atoms with Crippen LogP contribution in [0, 0.1) is 6.92 Å². The van der Waals surface area contributed by atoms with E-state index in [1.54, 1.807) is 18.1 Å². The van der Waals surface area contributed by atoms with Gasteiger partial charge in [0.25, 0.3) is 0 Å². The quantitative estimate of drug-likeness (QED) is 0.799. The van der Waals surface area contributed by atoms with E-state index < -0.39 is 0 Å². The second kappa shape index (κ2) is 5.04. The van der Waals surface area contributed by atoms with Gasteiger partial charge in [0.1, 0.15) is 17.2 Å². The zero-order valence-corrected chi connectivity index (χ0v) is 13.3. The molecule has 0 radical (unpaired) electrons. The third-order valence-corrected chi connectivity index (χ3v) is 4.68. The second-order valence-electron chi connectivity index (χ2n) is 6.36. The van der Waals surface area contributed by atoms with Crippen LogP contribution in [0.4, 0.5) is 10.6 Å². The van der Waals surface area contributed by atoms with Crippen LogP contribution in [-0.2, 0) is 4.74 Å². The van der Waals surface area contributed by atoms with E-state index in [-0.39, 0.29) is 11.7 Å². The van der Waals surface area contributed by atoms with E-state index in [1.165, 1.54) is 0 Å². The Labute approximate surface area is 134 Å². The summed E-state index contributed by atoms with van der Waals surface area (Å²) in [5.74, 6) is 1.65. The molecule has 4 heterocycles. The third kappa shape index (κ3) is 2.36. The van der Waals surface area contributed by atoms with Gasteiger partial charge in [-0.2, -0.15) is 0 Å². The third-order valence-electron chi connectivity index (χ3n) is 4.68. The molecule has 4 rings (SSSR count). The van der Waals surface area contributed by atoms with Crippen LogP contribution in [0.3, 0.4) is 0 Å². The zero-order chi connectivity index (χ0) is 16.0. The normalized spacial score (nSPS) is 20.3. The monoisotopic (exact) mass is 313 g/mol. The molecule has 0 aliphatic carbocycles. The lowest BCUT2D eigenvalue weighted by Gasteiger charge is -2.38. The number of fused-ring (bicyclic) bond motifs is 1. The van der Waals surface area contributed by atoms with Crippen LogP contribution in [0.25, 0.3) is 11.0 Å². The molecule has 7 nitrogen and oxygen atoms in total. The van der Waals surface area contributed by atoms with Gasteiger partial charge in [-0.1, -0.05) is 0 Å². The molecule has 7 heteroatoms. The van der Waals surface area contributed by atoms with Crippen LogP contribution in [0.1, 0.15) is 18.7 Å². The Morgan fingerprint density at radius 2 is 2.04 bits per heavy atom. The Balaban J connectivity index is 1.61. The molecule has 120 valence electrons. The molecule has 0 bridgehead atoms. The average molecular weight is 313 g/mol. The number of aromatic nitrogens is 3. The standard InChI is InChI=1S/C16H19N5O2/c1-11-18-13-12(4-3-7-17-13)14(19-11)21-8-5-16(6-9-21)10-20(2)15(22)23-16/h3-4,7H,5-6,8-10H2,1-2H3. The highest BCUT2D eigenvalue weighted by atomic mass is 16.6. The fourth-order valence-corrected chi connectivity index (χ4v) is 3.47. The number of piperidine rings is 1. The highest BCUT2D eigenvalue weighted by Crippen LogP contribution is 2.35. The minimum absolute atomic E-state index is 0.217. The second-order valence-corrected chi connectivity index (χ2v) is 6.36. The molecule has 2 aliphatic heterocycles. The van der Waals surface area contributed by atoms with Gasteiger partial charge in [-0.3, -0.25) is 0 Å². The summed E-state index contributed by atoms with van der Waals surface area (Å²) in [7, 11) is 1.79. The minimum atomic E-state index is -0.335. The van der Waals surface area contributed by atoms with E-state index in [1.807, 2.05) is 19.1 Å². The summed E-state index contributed by atoms with van der Waals surface area (Å²) in [6.07, 6.45) is 3.16. The van der Waals surface area contributed by atoms with Gasteiger partial charge >= 0.3 is 6.09 Å². The Kier molecular flexibility index (Phi) is 3.11. The number of aryl methyl sites for hydroxylation is 1. The maximum absolute atomic E-state index is 11.7. The summed E-state index contributed by atoms with van der Waals surface area (Å²) < 4.78 is 5.61. The van der Waals surface area contributed by atoms with E-state index in [9.17, 15) is 4.79 Å². The summed E-state index contributed by atoms with van der Waals surface area (Å²) in [5.41, 5.74) is 0.390. The van der Waals surface area contributed by atoms with Crippen molar-refractivity contribution in [2.75, 3.05) is 31.6 Å². The van der Waals surface area contributed by atoms with Crippen molar-refractivity contribution in [3.05, 3.63) is 24.2 Å². The molecule has 0 saturated carbocycles. The number of anilines is 1. The lowest BCUT2D eigenvalue weighted by molar-refractivity contribution is 0.0366. The van der Waals surface area contributed by atoms with Crippen molar-refractivity contribution in [1.82, 2.24) is 19.9 Å². The van der Waals surface area contributed by atoms with Crippen LogP contribution in [0.15, 0.2) is 18.3 Å². The fraction of sp³-hybridized carbons (Fsp3) is 0.500. The topological polar surface area (TPSA) is 71.5 Å². The predicted molar refractivity (Wildman–Crippen MR) is 85.4 cm³/mol. The van der Waals surface area contributed by atoms with Crippen molar-refractivity contribution in [3.8, 4) is 0 Å². The molecule has 2 aliphatic rings. The number of carbonyl (C=O) groups is 1. The summed E-state index contributed by atoms with van der Waals surface area (Å²) in [4.78, 5) is 28.9. The first kappa shape index (κ1) is 14.2. The Morgan fingerprint density at radius 3 is 2.74 bits per heavy atom. The van der Waals surface area contributed by atoms with E-state index >= 15 is 0 Å². The smallest absolute Gasteiger partial charge is 0.410 e. The van der Waals surface area contributed by atoms with Crippen LogP contribution < -0.4 is 4.90 Å².